The Hall–Kier alpha value is -0.620. The third kappa shape index (κ3) is 4.24. The van der Waals surface area contributed by atoms with Crippen LogP contribution in [0.15, 0.2) is 22.7 Å². The van der Waals surface area contributed by atoms with Crippen LogP contribution in [0.2, 0.25) is 0 Å². The fourth-order valence-corrected chi connectivity index (χ4v) is 2.58. The van der Waals surface area contributed by atoms with Crippen LogP contribution in [0.5, 0.6) is 5.75 Å². The van der Waals surface area contributed by atoms with Gasteiger partial charge in [-0.3, -0.25) is 10.1 Å². The minimum atomic E-state index is -0.428. The maximum absolute atomic E-state index is 10.9. The monoisotopic (exact) mass is 379 g/mol. The van der Waals surface area contributed by atoms with E-state index in [1.807, 2.05) is 0 Å². The molecule has 6 heteroatoms. The molecule has 1 rings (SSSR count). The van der Waals surface area contributed by atoms with Crippen molar-refractivity contribution in [3.05, 3.63) is 32.8 Å². The number of hydrogen-bond donors (Lipinski definition) is 0. The molecule has 0 aromatic heterocycles. The Morgan fingerprint density at radius 3 is 2.78 bits per heavy atom. The highest BCUT2D eigenvalue weighted by Gasteiger charge is 2.19. The Morgan fingerprint density at radius 2 is 2.22 bits per heavy atom. The Bertz CT molecular complexity index is 412. The third-order valence-corrected chi connectivity index (χ3v) is 4.06. The van der Waals surface area contributed by atoms with Gasteiger partial charge in [-0.15, -0.1) is 0 Å². The highest BCUT2D eigenvalue weighted by atomic mass is 79.9. The summed E-state index contributed by atoms with van der Waals surface area (Å²) in [5, 5.41) is 11.7. The zero-order valence-corrected chi connectivity index (χ0v) is 13.2. The number of ether oxygens (including phenoxy) is 1. The van der Waals surface area contributed by atoms with Crippen molar-refractivity contribution in [1.82, 2.24) is 0 Å². The van der Waals surface area contributed by atoms with Gasteiger partial charge in [0, 0.05) is 17.3 Å². The van der Waals surface area contributed by atoms with Gasteiger partial charge in [0.1, 0.15) is 0 Å². The number of nitrogens with zero attached hydrogens (tertiary/aromatic N) is 1. The Kier molecular flexibility index (Phi) is 6.63. The van der Waals surface area contributed by atoms with Crippen molar-refractivity contribution in [3.63, 3.8) is 0 Å². The number of nitro benzene ring substituents is 1. The molecule has 0 fully saturated rings. The zero-order chi connectivity index (χ0) is 13.5. The first kappa shape index (κ1) is 15.4. The summed E-state index contributed by atoms with van der Waals surface area (Å²) >= 11 is 6.72. The fourth-order valence-electron chi connectivity index (χ4n) is 1.60. The lowest BCUT2D eigenvalue weighted by Crippen LogP contribution is -2.14. The Balaban J connectivity index is 2.80. The second-order valence-corrected chi connectivity index (χ2v) is 5.47. The molecule has 1 atom stereocenters. The van der Waals surface area contributed by atoms with Crippen molar-refractivity contribution in [2.45, 2.75) is 19.8 Å². The summed E-state index contributed by atoms with van der Waals surface area (Å²) in [4.78, 5) is 10.5. The largest absolute Gasteiger partial charge is 0.486 e. The molecular weight excluding hydrogens is 366 g/mol. The maximum atomic E-state index is 10.9. The van der Waals surface area contributed by atoms with Crippen molar-refractivity contribution in [2.75, 3.05) is 11.9 Å². The van der Waals surface area contributed by atoms with E-state index in [2.05, 4.69) is 38.8 Å². The van der Waals surface area contributed by atoms with E-state index in [-0.39, 0.29) is 5.69 Å². The van der Waals surface area contributed by atoms with E-state index in [4.69, 9.17) is 4.74 Å². The van der Waals surface area contributed by atoms with Crippen LogP contribution >= 0.6 is 31.9 Å². The maximum Gasteiger partial charge on any atom is 0.312 e. The first-order chi connectivity index (χ1) is 8.60. The quantitative estimate of drug-likeness (QED) is 0.396. The third-order valence-electron chi connectivity index (χ3n) is 2.52. The van der Waals surface area contributed by atoms with Crippen LogP contribution in [0, 0.1) is 16.0 Å². The number of halogens is 2. The molecule has 0 N–H and O–H groups in total. The van der Waals surface area contributed by atoms with E-state index in [0.717, 1.165) is 18.2 Å². The summed E-state index contributed by atoms with van der Waals surface area (Å²) in [6, 6.07) is 4.82. The van der Waals surface area contributed by atoms with E-state index < -0.39 is 4.92 Å². The summed E-state index contributed by atoms with van der Waals surface area (Å²) < 4.78 is 6.23. The van der Waals surface area contributed by atoms with Gasteiger partial charge in [-0.1, -0.05) is 35.3 Å². The molecule has 0 bridgehead atoms. The fraction of sp³-hybridized carbons (Fsp3) is 0.500. The molecule has 0 radical (unpaired) electrons. The molecule has 0 aliphatic carbocycles. The average Bonchev–Trinajstić information content (AvgIpc) is 2.35. The standard InChI is InChI=1S/C12H15Br2NO3/c1-2-4-9(7-13)8-18-12-10(14)5-3-6-11(12)15(16)17/h3,5-6,9H,2,4,7-8H2,1H3. The van der Waals surface area contributed by atoms with Crippen LogP contribution in [-0.2, 0) is 0 Å². The number of rotatable bonds is 7. The summed E-state index contributed by atoms with van der Waals surface area (Å²) in [5.41, 5.74) is -0.00537. The van der Waals surface area contributed by atoms with Gasteiger partial charge in [-0.05, 0) is 28.4 Å². The van der Waals surface area contributed by atoms with Gasteiger partial charge in [0.05, 0.1) is 16.0 Å². The van der Waals surface area contributed by atoms with Gasteiger partial charge < -0.3 is 4.74 Å². The highest BCUT2D eigenvalue weighted by Crippen LogP contribution is 2.35. The van der Waals surface area contributed by atoms with Crippen LogP contribution < -0.4 is 4.74 Å². The van der Waals surface area contributed by atoms with Crippen LogP contribution in [-0.4, -0.2) is 16.9 Å². The van der Waals surface area contributed by atoms with Crippen molar-refractivity contribution in [1.29, 1.82) is 0 Å². The second kappa shape index (κ2) is 7.74. The summed E-state index contributed by atoms with van der Waals surface area (Å²) in [7, 11) is 0. The first-order valence-corrected chi connectivity index (χ1v) is 7.63. The number of alkyl halides is 1. The molecule has 18 heavy (non-hydrogen) atoms. The summed E-state index contributed by atoms with van der Waals surface area (Å²) in [6.45, 7) is 2.58. The molecular formula is C12H15Br2NO3. The SMILES string of the molecule is CCCC(CBr)COc1c(Br)cccc1[N+](=O)[O-]. The molecule has 0 aliphatic heterocycles. The first-order valence-electron chi connectivity index (χ1n) is 5.71. The molecule has 0 amide bonds. The van der Waals surface area contributed by atoms with Gasteiger partial charge in [0.25, 0.3) is 0 Å². The molecule has 1 aromatic rings. The number of hydrogen-bond acceptors (Lipinski definition) is 3. The topological polar surface area (TPSA) is 52.4 Å². The number of nitro groups is 1. The van der Waals surface area contributed by atoms with Crippen LogP contribution in [0.1, 0.15) is 19.8 Å². The van der Waals surface area contributed by atoms with Gasteiger partial charge in [-0.2, -0.15) is 0 Å². The van der Waals surface area contributed by atoms with E-state index in [9.17, 15) is 10.1 Å². The highest BCUT2D eigenvalue weighted by molar-refractivity contribution is 9.10. The molecule has 0 aliphatic rings. The Morgan fingerprint density at radius 1 is 1.50 bits per heavy atom. The lowest BCUT2D eigenvalue weighted by Gasteiger charge is -2.15. The van der Waals surface area contributed by atoms with Gasteiger partial charge in [0.15, 0.2) is 0 Å². The minimum absolute atomic E-state index is 0.00537. The summed E-state index contributed by atoms with van der Waals surface area (Å²) in [5.74, 6) is 0.672. The van der Waals surface area contributed by atoms with E-state index in [0.29, 0.717) is 22.7 Å². The van der Waals surface area contributed by atoms with Crippen molar-refractivity contribution >= 4 is 37.5 Å². The molecule has 1 aromatic carbocycles. The molecule has 4 nitrogen and oxygen atoms in total. The lowest BCUT2D eigenvalue weighted by molar-refractivity contribution is -0.386. The number of benzene rings is 1. The van der Waals surface area contributed by atoms with Gasteiger partial charge >= 0.3 is 5.69 Å². The van der Waals surface area contributed by atoms with Crippen LogP contribution in [0.25, 0.3) is 0 Å². The predicted molar refractivity (Wildman–Crippen MR) is 78.5 cm³/mol. The van der Waals surface area contributed by atoms with Crippen molar-refractivity contribution in [2.24, 2.45) is 5.92 Å². The Labute approximate surface area is 123 Å². The molecule has 100 valence electrons. The summed E-state index contributed by atoms with van der Waals surface area (Å²) in [6.07, 6.45) is 2.10. The van der Waals surface area contributed by atoms with E-state index >= 15 is 0 Å². The predicted octanol–water partition coefficient (Wildman–Crippen LogP) is 4.55. The molecule has 0 saturated heterocycles. The lowest BCUT2D eigenvalue weighted by atomic mass is 10.1. The van der Waals surface area contributed by atoms with Crippen LogP contribution in [0.3, 0.4) is 0 Å². The van der Waals surface area contributed by atoms with Gasteiger partial charge in [0.2, 0.25) is 5.75 Å². The molecule has 0 spiro atoms. The zero-order valence-electron chi connectivity index (χ0n) is 10.1. The smallest absolute Gasteiger partial charge is 0.312 e. The van der Waals surface area contributed by atoms with Gasteiger partial charge in [-0.25, -0.2) is 0 Å². The normalized spacial score (nSPS) is 12.2. The van der Waals surface area contributed by atoms with Crippen molar-refractivity contribution < 1.29 is 9.66 Å². The average molecular weight is 381 g/mol. The second-order valence-electron chi connectivity index (χ2n) is 3.97. The number of para-hydroxylation sites is 1. The van der Waals surface area contributed by atoms with E-state index in [1.54, 1.807) is 12.1 Å². The molecule has 1 unspecified atom stereocenters. The van der Waals surface area contributed by atoms with Crippen molar-refractivity contribution in [3.8, 4) is 5.75 Å². The van der Waals surface area contributed by atoms with E-state index in [1.165, 1.54) is 6.07 Å². The minimum Gasteiger partial charge on any atom is -0.486 e. The molecule has 0 saturated carbocycles. The molecule has 0 heterocycles. The van der Waals surface area contributed by atoms with Crippen LogP contribution in [0.4, 0.5) is 5.69 Å².